The molecule has 0 unspecified atom stereocenters. The molecular formula is C14H20N4O2. The van der Waals surface area contributed by atoms with Gasteiger partial charge in [0.25, 0.3) is 0 Å². The minimum absolute atomic E-state index is 0.0303. The molecule has 6 heteroatoms. The molecule has 4 aliphatic rings. The van der Waals surface area contributed by atoms with Crippen molar-refractivity contribution in [2.24, 2.45) is 17.3 Å². The van der Waals surface area contributed by atoms with Crippen LogP contribution in [0.2, 0.25) is 0 Å². The van der Waals surface area contributed by atoms with Crippen LogP contribution in [0.15, 0.2) is 0 Å². The Morgan fingerprint density at radius 1 is 1.35 bits per heavy atom. The smallest absolute Gasteiger partial charge is 0.303 e. The number of tetrazole rings is 1. The van der Waals surface area contributed by atoms with Crippen LogP contribution < -0.4 is 0 Å². The van der Waals surface area contributed by atoms with E-state index < -0.39 is 5.97 Å². The summed E-state index contributed by atoms with van der Waals surface area (Å²) in [6, 6.07) is 0. The quantitative estimate of drug-likeness (QED) is 0.909. The van der Waals surface area contributed by atoms with Gasteiger partial charge in [-0.2, -0.15) is 4.80 Å². The van der Waals surface area contributed by atoms with Gasteiger partial charge in [0.2, 0.25) is 0 Å². The van der Waals surface area contributed by atoms with Crippen molar-refractivity contribution >= 4 is 5.97 Å². The van der Waals surface area contributed by atoms with Crippen molar-refractivity contribution in [3.63, 3.8) is 0 Å². The summed E-state index contributed by atoms with van der Waals surface area (Å²) in [5, 5.41) is 22.0. The number of aliphatic carboxylic acids is 1. The first-order valence-electron chi connectivity index (χ1n) is 7.48. The van der Waals surface area contributed by atoms with Crippen LogP contribution in [-0.2, 0) is 10.3 Å². The van der Waals surface area contributed by atoms with E-state index in [-0.39, 0.29) is 11.0 Å². The van der Waals surface area contributed by atoms with Gasteiger partial charge < -0.3 is 5.11 Å². The first kappa shape index (κ1) is 12.3. The molecule has 4 aliphatic carbocycles. The highest BCUT2D eigenvalue weighted by atomic mass is 16.4. The average molecular weight is 276 g/mol. The largest absolute Gasteiger partial charge is 0.481 e. The van der Waals surface area contributed by atoms with Crippen molar-refractivity contribution < 1.29 is 9.90 Å². The summed E-state index contributed by atoms with van der Waals surface area (Å²) in [6.45, 7) is 1.86. The van der Waals surface area contributed by atoms with E-state index in [1.54, 1.807) is 0 Å². The Balaban J connectivity index is 1.73. The van der Waals surface area contributed by atoms with Gasteiger partial charge in [0.05, 0.1) is 12.0 Å². The van der Waals surface area contributed by atoms with Crippen LogP contribution in [0.1, 0.15) is 50.8 Å². The predicted molar refractivity (Wildman–Crippen MR) is 69.9 cm³/mol. The first-order valence-corrected chi connectivity index (χ1v) is 7.48. The predicted octanol–water partition coefficient (Wildman–Crippen LogP) is 1.75. The zero-order valence-corrected chi connectivity index (χ0v) is 11.7. The van der Waals surface area contributed by atoms with Crippen LogP contribution in [0, 0.1) is 24.2 Å². The number of hydrogen-bond acceptors (Lipinski definition) is 4. The Bertz CT molecular complexity index is 553. The van der Waals surface area contributed by atoms with Crippen LogP contribution in [0.5, 0.6) is 0 Å². The molecule has 0 saturated heterocycles. The van der Waals surface area contributed by atoms with Gasteiger partial charge >= 0.3 is 5.97 Å². The molecule has 20 heavy (non-hydrogen) atoms. The molecule has 4 fully saturated rings. The third-order valence-corrected chi connectivity index (χ3v) is 5.62. The Hall–Kier alpha value is -1.46. The van der Waals surface area contributed by atoms with Gasteiger partial charge in [-0.15, -0.1) is 10.2 Å². The second-order valence-corrected chi connectivity index (χ2v) is 7.38. The van der Waals surface area contributed by atoms with E-state index in [9.17, 15) is 9.90 Å². The zero-order chi connectivity index (χ0) is 14.0. The lowest BCUT2D eigenvalue weighted by atomic mass is 9.46. The summed E-state index contributed by atoms with van der Waals surface area (Å²) in [5.41, 5.74) is -0.0990. The molecule has 4 saturated carbocycles. The number of aromatic nitrogens is 4. The highest BCUT2D eigenvalue weighted by molar-refractivity contribution is 5.67. The summed E-state index contributed by atoms with van der Waals surface area (Å²) in [4.78, 5) is 13.1. The molecule has 0 aromatic carbocycles. The van der Waals surface area contributed by atoms with Crippen LogP contribution in [0.3, 0.4) is 0 Å². The van der Waals surface area contributed by atoms with Gasteiger partial charge in [-0.25, -0.2) is 0 Å². The van der Waals surface area contributed by atoms with Gasteiger partial charge in [-0.1, -0.05) is 0 Å². The number of carboxylic acids is 1. The summed E-state index contributed by atoms with van der Waals surface area (Å²) in [7, 11) is 0. The van der Waals surface area contributed by atoms with E-state index in [1.165, 1.54) is 6.42 Å². The third-order valence-electron chi connectivity index (χ3n) is 5.62. The second-order valence-electron chi connectivity index (χ2n) is 7.38. The number of aryl methyl sites for hydroxylation is 1. The van der Waals surface area contributed by atoms with E-state index in [0.29, 0.717) is 24.1 Å². The first-order chi connectivity index (χ1) is 9.49. The minimum Gasteiger partial charge on any atom is -0.481 e. The number of hydrogen-bond donors (Lipinski definition) is 1. The molecule has 0 amide bonds. The van der Waals surface area contributed by atoms with Crippen molar-refractivity contribution in [1.29, 1.82) is 0 Å². The molecule has 0 spiro atoms. The Morgan fingerprint density at radius 2 is 2.05 bits per heavy atom. The molecule has 0 aliphatic heterocycles. The number of rotatable bonds is 3. The van der Waals surface area contributed by atoms with Crippen molar-refractivity contribution in [1.82, 2.24) is 20.2 Å². The van der Waals surface area contributed by atoms with Crippen molar-refractivity contribution in [2.45, 2.75) is 57.4 Å². The molecule has 1 N–H and O–H groups in total. The molecule has 1 heterocycles. The maximum Gasteiger partial charge on any atom is 0.303 e. The summed E-state index contributed by atoms with van der Waals surface area (Å²) in [6.07, 6.45) is 6.82. The normalized spacial score (nSPS) is 42.0. The van der Waals surface area contributed by atoms with Crippen LogP contribution in [-0.4, -0.2) is 31.3 Å². The summed E-state index contributed by atoms with van der Waals surface area (Å²) >= 11 is 0. The maximum absolute atomic E-state index is 11.3. The van der Waals surface area contributed by atoms with E-state index >= 15 is 0 Å². The van der Waals surface area contributed by atoms with Gasteiger partial charge in [-0.3, -0.25) is 4.79 Å². The number of carboxylic acid groups (broad SMARTS) is 1. The number of nitrogens with zero attached hydrogens (tertiary/aromatic N) is 4. The SMILES string of the molecule is Cc1nnn(C23C[C@@H]4C[C@H](CC(CC(=O)O)(C4)C2)C3)n1. The molecule has 1 aromatic heterocycles. The number of carbonyl (C=O) groups is 1. The van der Waals surface area contributed by atoms with Gasteiger partial charge in [0.15, 0.2) is 5.82 Å². The van der Waals surface area contributed by atoms with E-state index in [1.807, 2.05) is 11.7 Å². The van der Waals surface area contributed by atoms with Gasteiger partial charge in [-0.05, 0) is 67.9 Å². The fourth-order valence-electron chi connectivity index (χ4n) is 5.65. The maximum atomic E-state index is 11.3. The highest BCUT2D eigenvalue weighted by Gasteiger charge is 2.60. The van der Waals surface area contributed by atoms with Gasteiger partial charge in [0, 0.05) is 0 Å². The van der Waals surface area contributed by atoms with E-state index in [4.69, 9.17) is 0 Å². The lowest BCUT2D eigenvalue weighted by molar-refractivity contribution is -0.152. The fraction of sp³-hybridized carbons (Fsp3) is 0.857. The lowest BCUT2D eigenvalue weighted by Gasteiger charge is -2.61. The molecule has 4 bridgehead atoms. The Kier molecular flexibility index (Phi) is 2.34. The standard InChI is InChI=1S/C14H20N4O2/c1-9-15-17-18(16-9)14-5-10-2-11(6-14)4-13(3-10,8-14)7-12(19)20/h10-11H,2-8H2,1H3,(H,19,20)/t10-,11-,13?,14?/m1/s1. The summed E-state index contributed by atoms with van der Waals surface area (Å²) in [5.74, 6) is 1.32. The van der Waals surface area contributed by atoms with Crippen LogP contribution in [0.4, 0.5) is 0 Å². The zero-order valence-electron chi connectivity index (χ0n) is 11.7. The van der Waals surface area contributed by atoms with Crippen LogP contribution >= 0.6 is 0 Å². The monoisotopic (exact) mass is 276 g/mol. The Labute approximate surface area is 117 Å². The molecule has 108 valence electrons. The van der Waals surface area contributed by atoms with Gasteiger partial charge in [0.1, 0.15) is 0 Å². The second kappa shape index (κ2) is 3.80. The topological polar surface area (TPSA) is 80.9 Å². The molecule has 5 rings (SSSR count). The van der Waals surface area contributed by atoms with E-state index in [0.717, 1.165) is 32.1 Å². The molecule has 1 aromatic rings. The van der Waals surface area contributed by atoms with Crippen molar-refractivity contribution in [2.75, 3.05) is 0 Å². The molecular weight excluding hydrogens is 256 g/mol. The highest BCUT2D eigenvalue weighted by Crippen LogP contribution is 2.64. The van der Waals surface area contributed by atoms with Crippen molar-refractivity contribution in [3.05, 3.63) is 5.82 Å². The Morgan fingerprint density at radius 3 is 2.60 bits per heavy atom. The average Bonchev–Trinajstić information content (AvgIpc) is 2.72. The molecule has 0 radical (unpaired) electrons. The van der Waals surface area contributed by atoms with Crippen molar-refractivity contribution in [3.8, 4) is 0 Å². The minimum atomic E-state index is -0.662. The molecule has 2 atom stereocenters. The van der Waals surface area contributed by atoms with E-state index in [2.05, 4.69) is 15.4 Å². The fourth-order valence-corrected chi connectivity index (χ4v) is 5.65. The summed E-state index contributed by atoms with van der Waals surface area (Å²) < 4.78 is 0. The molecule has 6 nitrogen and oxygen atoms in total. The third kappa shape index (κ3) is 1.70. The van der Waals surface area contributed by atoms with Crippen LogP contribution in [0.25, 0.3) is 0 Å². The lowest BCUT2D eigenvalue weighted by Crippen LogP contribution is -2.57.